The quantitative estimate of drug-likeness (QED) is 0.443. The van der Waals surface area contributed by atoms with Crippen LogP contribution in [0.2, 0.25) is 26.2 Å². The Labute approximate surface area is 210 Å². The van der Waals surface area contributed by atoms with E-state index < -0.39 is 46.4 Å². The van der Waals surface area contributed by atoms with Crippen molar-refractivity contribution in [2.24, 2.45) is 17.3 Å². The van der Waals surface area contributed by atoms with E-state index in [1.54, 1.807) is 4.90 Å². The monoisotopic (exact) mass is 514 g/mol. The van der Waals surface area contributed by atoms with Crippen LogP contribution in [0.15, 0.2) is 0 Å². The molecular formula is C25H50N2O5Si2. The van der Waals surface area contributed by atoms with E-state index in [9.17, 15) is 14.7 Å². The van der Waals surface area contributed by atoms with E-state index in [4.69, 9.17) is 9.16 Å². The third-order valence-corrected chi connectivity index (χ3v) is 10.9. The van der Waals surface area contributed by atoms with Crippen molar-refractivity contribution in [3.63, 3.8) is 0 Å². The number of β-lactam (4-membered cyclic amide) rings is 1. The Morgan fingerprint density at radius 1 is 1.00 bits per heavy atom. The molecule has 2 aliphatic heterocycles. The Hall–Kier alpha value is -0.906. The van der Waals surface area contributed by atoms with Gasteiger partial charge in [0.15, 0.2) is 14.8 Å². The minimum absolute atomic E-state index is 0.0482. The number of likely N-dealkylation sites (tertiary alicyclic amines) is 2. The van der Waals surface area contributed by atoms with E-state index in [-0.39, 0.29) is 22.8 Å². The van der Waals surface area contributed by atoms with Gasteiger partial charge in [0.2, 0.25) is 5.91 Å². The number of ether oxygens (including phenoxy) is 1. The molecule has 2 rings (SSSR count). The average molecular weight is 515 g/mol. The summed E-state index contributed by atoms with van der Waals surface area (Å²) in [6, 6.07) is 0. The highest BCUT2D eigenvalue weighted by atomic mass is 28.3. The minimum atomic E-state index is -1.98. The van der Waals surface area contributed by atoms with Gasteiger partial charge in [0.25, 0.3) is 0 Å². The molecule has 0 saturated carbocycles. The van der Waals surface area contributed by atoms with Crippen LogP contribution in [0.25, 0.3) is 0 Å². The molecule has 0 aliphatic carbocycles. The van der Waals surface area contributed by atoms with Crippen LogP contribution >= 0.6 is 0 Å². The third kappa shape index (κ3) is 5.27. The fraction of sp³-hybridized carbons (Fsp3) is 0.920. The Morgan fingerprint density at radius 2 is 1.53 bits per heavy atom. The molecule has 1 N–H and O–H groups in total. The predicted molar refractivity (Wildman–Crippen MR) is 142 cm³/mol. The molecule has 2 amide bonds. The van der Waals surface area contributed by atoms with E-state index in [1.165, 1.54) is 0 Å². The first kappa shape index (κ1) is 29.3. The van der Waals surface area contributed by atoms with E-state index in [1.807, 2.05) is 46.4 Å². The highest BCUT2D eigenvalue weighted by Crippen LogP contribution is 2.53. The second-order valence-electron chi connectivity index (χ2n) is 14.0. The summed E-state index contributed by atoms with van der Waals surface area (Å²) >= 11 is 0. The number of hydrogen-bond donors (Lipinski definition) is 1. The van der Waals surface area contributed by atoms with Crippen molar-refractivity contribution in [3.8, 4) is 0 Å². The molecule has 0 radical (unpaired) electrons. The number of amides is 2. The molecule has 0 aromatic rings. The summed E-state index contributed by atoms with van der Waals surface area (Å²) in [5, 5.41) is 11.3. The molecule has 2 heterocycles. The molecule has 2 fully saturated rings. The van der Waals surface area contributed by atoms with Gasteiger partial charge in [-0.1, -0.05) is 33.9 Å². The van der Waals surface area contributed by atoms with E-state index in [0.717, 1.165) is 0 Å². The van der Waals surface area contributed by atoms with Crippen LogP contribution in [0.4, 0.5) is 4.79 Å². The molecular weight excluding hydrogens is 464 g/mol. The minimum Gasteiger partial charge on any atom is -0.444 e. The van der Waals surface area contributed by atoms with Crippen LogP contribution < -0.4 is 0 Å². The molecule has 0 aromatic carbocycles. The zero-order chi connectivity index (χ0) is 26.7. The lowest BCUT2D eigenvalue weighted by Gasteiger charge is -2.60. The van der Waals surface area contributed by atoms with Crippen molar-refractivity contribution >= 4 is 29.8 Å². The van der Waals surface area contributed by atoms with Gasteiger partial charge in [0.1, 0.15) is 10.8 Å². The van der Waals surface area contributed by atoms with Crippen molar-refractivity contribution in [1.29, 1.82) is 0 Å². The number of carbonyl (C=O) groups excluding carboxylic acids is 2. The molecule has 0 bridgehead atoms. The first-order chi connectivity index (χ1) is 15.1. The fourth-order valence-electron chi connectivity index (χ4n) is 5.46. The van der Waals surface area contributed by atoms with Crippen molar-refractivity contribution in [1.82, 2.24) is 9.80 Å². The van der Waals surface area contributed by atoms with Crippen molar-refractivity contribution < 1.29 is 23.9 Å². The fourth-order valence-corrected chi connectivity index (χ4v) is 9.08. The lowest BCUT2D eigenvalue weighted by molar-refractivity contribution is -0.211. The molecule has 2 saturated heterocycles. The number of aliphatic hydroxyl groups is 1. The Balaban J connectivity index is 2.70. The predicted octanol–water partition coefficient (Wildman–Crippen LogP) is 4.00. The molecule has 4 atom stereocenters. The standard InChI is InChI=1S/C25H50N2O5Si2/c1-21(2,3)17-14-24(32-34(12)13,27(15-17)20(29)31-23(7,8)9)25(30,33(10)11)18-16-26(19(18)28)22(4,5)6/h17-18,30,33-34H,14-16H2,1-13H3/t17-,18?,24-,25?/m0/s1. The van der Waals surface area contributed by atoms with Crippen LogP contribution in [-0.2, 0) is 14.0 Å². The van der Waals surface area contributed by atoms with Gasteiger partial charge in [-0.15, -0.1) is 0 Å². The van der Waals surface area contributed by atoms with Crippen LogP contribution in [0.1, 0.15) is 68.7 Å². The topological polar surface area (TPSA) is 79.3 Å². The summed E-state index contributed by atoms with van der Waals surface area (Å²) in [5.74, 6) is -0.538. The van der Waals surface area contributed by atoms with E-state index >= 15 is 0 Å². The lowest BCUT2D eigenvalue weighted by Crippen LogP contribution is -2.80. The summed E-state index contributed by atoms with van der Waals surface area (Å²) in [5.41, 5.74) is -2.37. The Kier molecular flexibility index (Phi) is 7.93. The average Bonchev–Trinajstić information content (AvgIpc) is 2.98. The number of nitrogens with zero attached hydrogens (tertiary/aromatic N) is 2. The third-order valence-electron chi connectivity index (χ3n) is 7.41. The normalized spacial score (nSPS) is 28.4. The molecule has 198 valence electrons. The van der Waals surface area contributed by atoms with Gasteiger partial charge in [-0.05, 0) is 66.0 Å². The first-order valence-corrected chi connectivity index (χ1v) is 18.5. The van der Waals surface area contributed by atoms with Crippen LogP contribution in [0.5, 0.6) is 0 Å². The van der Waals surface area contributed by atoms with Gasteiger partial charge in [0, 0.05) is 25.0 Å². The first-order valence-electron chi connectivity index (χ1n) is 12.8. The van der Waals surface area contributed by atoms with E-state index in [2.05, 4.69) is 47.0 Å². The highest BCUT2D eigenvalue weighted by molar-refractivity contribution is 6.60. The van der Waals surface area contributed by atoms with Gasteiger partial charge in [-0.25, -0.2) is 4.79 Å². The van der Waals surface area contributed by atoms with E-state index in [0.29, 0.717) is 19.5 Å². The molecule has 34 heavy (non-hydrogen) atoms. The van der Waals surface area contributed by atoms with Gasteiger partial charge in [-0.3, -0.25) is 9.69 Å². The summed E-state index contributed by atoms with van der Waals surface area (Å²) in [4.78, 5) is 30.7. The molecule has 0 aromatic heterocycles. The second kappa shape index (κ2) is 9.19. The van der Waals surface area contributed by atoms with Gasteiger partial charge < -0.3 is 19.2 Å². The van der Waals surface area contributed by atoms with Crippen LogP contribution in [-0.4, -0.2) is 79.9 Å². The maximum Gasteiger partial charge on any atom is 0.412 e. The SMILES string of the molecule is C[SiH](C)O[C@]1(C(O)(C2CN(C(C)(C)C)C2=O)[SiH](C)C)C[C@H](C(C)(C)C)CN1C(=O)OC(C)(C)C. The number of rotatable bonds is 5. The number of hydrogen-bond acceptors (Lipinski definition) is 5. The number of carbonyl (C=O) groups is 2. The van der Waals surface area contributed by atoms with Crippen molar-refractivity contribution in [3.05, 3.63) is 0 Å². The van der Waals surface area contributed by atoms with Gasteiger partial charge >= 0.3 is 6.09 Å². The summed E-state index contributed by atoms with van der Waals surface area (Å²) in [7, 11) is -3.74. The Morgan fingerprint density at radius 3 is 1.88 bits per heavy atom. The zero-order valence-corrected chi connectivity index (χ0v) is 26.2. The zero-order valence-electron chi connectivity index (χ0n) is 23.9. The highest BCUT2D eigenvalue weighted by Gasteiger charge is 2.70. The maximum atomic E-state index is 13.7. The van der Waals surface area contributed by atoms with Crippen LogP contribution in [0.3, 0.4) is 0 Å². The lowest BCUT2D eigenvalue weighted by atomic mass is 9.75. The maximum absolute atomic E-state index is 13.7. The molecule has 2 unspecified atom stereocenters. The summed E-state index contributed by atoms with van der Waals surface area (Å²) < 4.78 is 12.7. The largest absolute Gasteiger partial charge is 0.444 e. The summed E-state index contributed by atoms with van der Waals surface area (Å²) in [6.07, 6.45) is 0.0310. The molecule has 7 nitrogen and oxygen atoms in total. The van der Waals surface area contributed by atoms with Gasteiger partial charge in [0.05, 0.1) is 14.7 Å². The molecule has 0 spiro atoms. The molecule has 2 aliphatic rings. The molecule has 9 heteroatoms. The van der Waals surface area contributed by atoms with Gasteiger partial charge in [-0.2, -0.15) is 0 Å². The van der Waals surface area contributed by atoms with Crippen LogP contribution in [0, 0.1) is 17.3 Å². The smallest absolute Gasteiger partial charge is 0.412 e. The van der Waals surface area contributed by atoms with Crippen molar-refractivity contribution in [2.75, 3.05) is 13.1 Å². The summed E-state index contributed by atoms with van der Waals surface area (Å²) in [6.45, 7) is 27.2. The van der Waals surface area contributed by atoms with Crippen molar-refractivity contribution in [2.45, 2.75) is 117 Å². The second-order valence-corrected chi connectivity index (χ2v) is 19.5. The Bertz CT molecular complexity index is 784.